The van der Waals surface area contributed by atoms with Crippen LogP contribution >= 0.6 is 7.26 Å². The Balaban J connectivity index is 0.000001000. The Morgan fingerprint density at radius 3 is 2.10 bits per heavy atom. The SMILES string of the molecule is [2H]C1([P+](C)(C)CC)CCC1.[Y]. The zero-order valence-corrected chi connectivity index (χ0v) is 11.1. The van der Waals surface area contributed by atoms with Crippen molar-refractivity contribution in [3.05, 3.63) is 0 Å². The van der Waals surface area contributed by atoms with Crippen molar-refractivity contribution in [2.45, 2.75) is 31.8 Å². The predicted molar refractivity (Wildman–Crippen MR) is 46.9 cm³/mol. The van der Waals surface area contributed by atoms with Crippen molar-refractivity contribution in [2.24, 2.45) is 0 Å². The summed E-state index contributed by atoms with van der Waals surface area (Å²) in [5, 5.41) is 0. The van der Waals surface area contributed by atoms with Crippen LogP contribution in [0.5, 0.6) is 0 Å². The first-order valence-corrected chi connectivity index (χ1v) is 6.72. The molecule has 1 saturated carbocycles. The van der Waals surface area contributed by atoms with Gasteiger partial charge in [0.05, 0.1) is 13.2 Å². The van der Waals surface area contributed by atoms with Gasteiger partial charge in [-0.05, 0) is 26.2 Å². The standard InChI is InChI=1S/C8H18P.Y/c1-4-9(2,3)8-6-5-7-8;/h8H,4-7H2,1-3H3;/q+1;/i8D;. The Morgan fingerprint density at radius 1 is 1.50 bits per heavy atom. The predicted octanol–water partition coefficient (Wildman–Crippen LogP) is 2.83. The maximum absolute atomic E-state index is 8.11. The van der Waals surface area contributed by atoms with Crippen molar-refractivity contribution in [2.75, 3.05) is 19.5 Å². The van der Waals surface area contributed by atoms with Gasteiger partial charge in [0.15, 0.2) is 0 Å². The van der Waals surface area contributed by atoms with Crippen LogP contribution < -0.4 is 0 Å². The fourth-order valence-corrected chi connectivity index (χ4v) is 3.14. The van der Waals surface area contributed by atoms with Crippen LogP contribution in [0.15, 0.2) is 0 Å². The van der Waals surface area contributed by atoms with E-state index in [9.17, 15) is 0 Å². The maximum Gasteiger partial charge on any atom is 0.0745 e. The third-order valence-electron chi connectivity index (χ3n) is 2.58. The molecule has 0 heterocycles. The van der Waals surface area contributed by atoms with Crippen LogP contribution in [0.1, 0.15) is 27.6 Å². The molecule has 0 saturated heterocycles. The molecule has 57 valence electrons. The van der Waals surface area contributed by atoms with E-state index < -0.39 is 7.26 Å². The van der Waals surface area contributed by atoms with E-state index in [-0.39, 0.29) is 38.3 Å². The fraction of sp³-hybridized carbons (Fsp3) is 1.00. The van der Waals surface area contributed by atoms with E-state index in [0.717, 1.165) is 0 Å². The summed E-state index contributed by atoms with van der Waals surface area (Å²) in [5.41, 5.74) is 0.0295. The summed E-state index contributed by atoms with van der Waals surface area (Å²) < 4.78 is 8.11. The molecule has 0 bridgehead atoms. The second-order valence-electron chi connectivity index (χ2n) is 3.42. The first-order valence-electron chi connectivity index (χ1n) is 4.35. The van der Waals surface area contributed by atoms with Gasteiger partial charge in [0, 0.05) is 53.3 Å². The second-order valence-corrected chi connectivity index (χ2v) is 8.06. The molecule has 1 aliphatic carbocycles. The molecule has 1 fully saturated rings. The van der Waals surface area contributed by atoms with Gasteiger partial charge < -0.3 is 0 Å². The second kappa shape index (κ2) is 4.53. The summed E-state index contributed by atoms with van der Waals surface area (Å²) in [6.07, 6.45) is 4.88. The van der Waals surface area contributed by atoms with Gasteiger partial charge in [0.2, 0.25) is 0 Å². The van der Waals surface area contributed by atoms with Crippen LogP contribution in [0, 0.1) is 0 Å². The van der Waals surface area contributed by atoms with Gasteiger partial charge in [-0.1, -0.05) is 0 Å². The number of hydrogen-bond acceptors (Lipinski definition) is 0. The third-order valence-corrected chi connectivity index (χ3v) is 6.32. The van der Waals surface area contributed by atoms with E-state index in [0.29, 0.717) is 0 Å². The molecule has 0 aromatic carbocycles. The van der Waals surface area contributed by atoms with Crippen LogP contribution in [0.3, 0.4) is 0 Å². The Bertz CT molecular complexity index is 123. The van der Waals surface area contributed by atoms with E-state index in [1.165, 1.54) is 25.4 Å². The molecule has 0 aromatic rings. The summed E-state index contributed by atoms with van der Waals surface area (Å²) in [5.74, 6) is 0. The van der Waals surface area contributed by atoms with Crippen LogP contribution in [-0.4, -0.2) is 25.1 Å². The van der Waals surface area contributed by atoms with Gasteiger partial charge >= 0.3 is 0 Å². The summed E-state index contributed by atoms with van der Waals surface area (Å²) in [4.78, 5) is 0. The average molecular weight is 235 g/mol. The minimum atomic E-state index is -0.873. The smallest absolute Gasteiger partial charge is 0.0459 e. The van der Waals surface area contributed by atoms with Gasteiger partial charge in [-0.3, -0.25) is 0 Å². The summed E-state index contributed by atoms with van der Waals surface area (Å²) >= 11 is 0. The number of hydrogen-bond donors (Lipinski definition) is 0. The van der Waals surface area contributed by atoms with Crippen molar-refractivity contribution in [3.63, 3.8) is 0 Å². The first-order chi connectivity index (χ1) is 4.52. The Kier molecular flexibility index (Phi) is 4.36. The van der Waals surface area contributed by atoms with Gasteiger partial charge in [0.25, 0.3) is 0 Å². The largest absolute Gasteiger partial charge is 0.0745 e. The van der Waals surface area contributed by atoms with E-state index in [2.05, 4.69) is 20.3 Å². The molecular weight excluding hydrogens is 216 g/mol. The van der Waals surface area contributed by atoms with E-state index in [1.54, 1.807) is 0 Å². The van der Waals surface area contributed by atoms with Gasteiger partial charge in [0.1, 0.15) is 0 Å². The Hall–Kier alpha value is 1.53. The molecule has 1 radical (unpaired) electrons. The molecule has 0 atom stereocenters. The molecule has 0 aliphatic heterocycles. The minimum absolute atomic E-state index is 0. The number of rotatable bonds is 2. The molecule has 1 aliphatic rings. The minimum Gasteiger partial charge on any atom is -0.0459 e. The van der Waals surface area contributed by atoms with Crippen LogP contribution in [0.25, 0.3) is 0 Å². The molecule has 10 heavy (non-hydrogen) atoms. The quantitative estimate of drug-likeness (QED) is 0.645. The molecule has 0 nitrogen and oxygen atoms in total. The van der Waals surface area contributed by atoms with Crippen molar-refractivity contribution in [1.82, 2.24) is 0 Å². The molecule has 2 heteroatoms. The van der Waals surface area contributed by atoms with E-state index in [4.69, 9.17) is 1.37 Å². The topological polar surface area (TPSA) is 0 Å². The Labute approximate surface area is 92.2 Å². The van der Waals surface area contributed by atoms with Crippen molar-refractivity contribution in [1.29, 1.82) is 0 Å². The maximum atomic E-state index is 8.11. The fourth-order valence-electron chi connectivity index (χ4n) is 1.16. The summed E-state index contributed by atoms with van der Waals surface area (Å²) in [6.45, 7) is 6.90. The molecule has 0 N–H and O–H groups in total. The molecule has 0 amide bonds. The van der Waals surface area contributed by atoms with Crippen molar-refractivity contribution in [3.8, 4) is 0 Å². The van der Waals surface area contributed by atoms with Crippen molar-refractivity contribution >= 4 is 7.26 Å². The monoisotopic (exact) mass is 235 g/mol. The van der Waals surface area contributed by atoms with Gasteiger partial charge in [-0.2, -0.15) is 0 Å². The van der Waals surface area contributed by atoms with Crippen LogP contribution in [-0.2, 0) is 32.7 Å². The molecular formula is C8H18PY+. The van der Waals surface area contributed by atoms with Crippen LogP contribution in [0.4, 0.5) is 0 Å². The van der Waals surface area contributed by atoms with Gasteiger partial charge in [-0.15, -0.1) is 0 Å². The molecule has 1 rings (SSSR count). The van der Waals surface area contributed by atoms with Gasteiger partial charge in [-0.25, -0.2) is 0 Å². The molecule has 0 aromatic heterocycles. The molecule has 0 unspecified atom stereocenters. The van der Waals surface area contributed by atoms with E-state index >= 15 is 0 Å². The zero-order chi connectivity index (χ0) is 7.83. The normalized spacial score (nSPS) is 24.1. The van der Waals surface area contributed by atoms with Crippen LogP contribution in [0.2, 0.25) is 0 Å². The van der Waals surface area contributed by atoms with Crippen molar-refractivity contribution < 1.29 is 34.1 Å². The first kappa shape index (κ1) is 9.62. The zero-order valence-electron chi connectivity index (χ0n) is 8.35. The summed E-state index contributed by atoms with van der Waals surface area (Å²) in [6, 6.07) is 0. The van der Waals surface area contributed by atoms with E-state index in [1.807, 2.05) is 0 Å². The summed E-state index contributed by atoms with van der Waals surface area (Å²) in [7, 11) is -0.873. The Morgan fingerprint density at radius 2 is 2.00 bits per heavy atom. The average Bonchev–Trinajstić information content (AvgIpc) is 1.82. The molecule has 0 spiro atoms. The third kappa shape index (κ3) is 2.54.